The van der Waals surface area contributed by atoms with Gasteiger partial charge in [-0.25, -0.2) is 14.8 Å². The quantitative estimate of drug-likeness (QED) is 0.760. The fraction of sp³-hybridized carbons (Fsp3) is 0.353. The Morgan fingerprint density at radius 2 is 1.91 bits per heavy atom. The summed E-state index contributed by atoms with van der Waals surface area (Å²) in [7, 11) is 1.64. The van der Waals surface area contributed by atoms with Gasteiger partial charge in [-0.05, 0) is 63.1 Å². The molecule has 0 aliphatic carbocycles. The second kappa shape index (κ2) is 6.54. The molecule has 0 atom stereocenters. The molecular formula is C17H20ClN3O2. The first-order chi connectivity index (χ1) is 10.7. The molecule has 23 heavy (non-hydrogen) atoms. The lowest BCUT2D eigenvalue weighted by Gasteiger charge is -2.24. The number of hydrogen-bond donors (Lipinski definition) is 0. The minimum atomic E-state index is -0.559. The lowest BCUT2D eigenvalue weighted by molar-refractivity contribution is 0.0588. The Balaban J connectivity index is 2.35. The number of amides is 1. The maximum atomic E-state index is 12.2. The van der Waals surface area contributed by atoms with Crippen LogP contribution in [0.1, 0.15) is 26.5 Å². The van der Waals surface area contributed by atoms with Crippen LogP contribution in [0.2, 0.25) is 5.15 Å². The molecule has 6 heteroatoms. The topological polar surface area (TPSA) is 55.3 Å². The molecule has 0 radical (unpaired) electrons. The van der Waals surface area contributed by atoms with Crippen LogP contribution in [0.15, 0.2) is 30.5 Å². The minimum Gasteiger partial charge on any atom is -0.443 e. The van der Waals surface area contributed by atoms with E-state index in [1.165, 1.54) is 4.90 Å². The predicted octanol–water partition coefficient (Wildman–Crippen LogP) is 4.48. The molecule has 2 aromatic heterocycles. The summed E-state index contributed by atoms with van der Waals surface area (Å²) in [4.78, 5) is 22.0. The molecule has 122 valence electrons. The number of hydrogen-bond acceptors (Lipinski definition) is 4. The molecular weight excluding hydrogens is 314 g/mol. The van der Waals surface area contributed by atoms with Crippen molar-refractivity contribution in [3.8, 4) is 11.1 Å². The van der Waals surface area contributed by atoms with Gasteiger partial charge in [0.25, 0.3) is 0 Å². The highest BCUT2D eigenvalue weighted by molar-refractivity contribution is 6.29. The summed E-state index contributed by atoms with van der Waals surface area (Å²) < 4.78 is 5.37. The van der Waals surface area contributed by atoms with Gasteiger partial charge < -0.3 is 4.74 Å². The van der Waals surface area contributed by atoms with Crippen LogP contribution >= 0.6 is 11.6 Å². The number of rotatable bonds is 2. The Kier molecular flexibility index (Phi) is 4.90. The molecule has 1 amide bonds. The third-order valence-corrected chi connectivity index (χ3v) is 3.22. The maximum Gasteiger partial charge on any atom is 0.415 e. The Morgan fingerprint density at radius 1 is 1.22 bits per heavy atom. The first-order valence-corrected chi connectivity index (χ1v) is 7.61. The van der Waals surface area contributed by atoms with Gasteiger partial charge in [-0.3, -0.25) is 4.90 Å². The van der Waals surface area contributed by atoms with E-state index in [1.54, 1.807) is 19.3 Å². The normalized spacial score (nSPS) is 11.2. The van der Waals surface area contributed by atoms with E-state index in [4.69, 9.17) is 16.3 Å². The molecule has 0 aliphatic rings. The van der Waals surface area contributed by atoms with Crippen molar-refractivity contribution >= 4 is 23.5 Å². The molecule has 2 heterocycles. The van der Waals surface area contributed by atoms with Crippen LogP contribution in [0.5, 0.6) is 0 Å². The fourth-order valence-electron chi connectivity index (χ4n) is 2.00. The molecule has 2 aromatic rings. The second-order valence-electron chi connectivity index (χ2n) is 6.26. The van der Waals surface area contributed by atoms with E-state index in [1.807, 2.05) is 45.9 Å². The van der Waals surface area contributed by atoms with Crippen LogP contribution in [0.25, 0.3) is 11.1 Å². The van der Waals surface area contributed by atoms with Gasteiger partial charge in [0.15, 0.2) is 0 Å². The molecule has 5 nitrogen and oxygen atoms in total. The van der Waals surface area contributed by atoms with Crippen molar-refractivity contribution < 1.29 is 9.53 Å². The summed E-state index contributed by atoms with van der Waals surface area (Å²) in [6, 6.07) is 7.38. The van der Waals surface area contributed by atoms with Crippen LogP contribution in [0.4, 0.5) is 10.6 Å². The van der Waals surface area contributed by atoms with Gasteiger partial charge in [-0.2, -0.15) is 0 Å². The van der Waals surface area contributed by atoms with Gasteiger partial charge in [-0.15, -0.1) is 0 Å². The summed E-state index contributed by atoms with van der Waals surface area (Å²) in [6.45, 7) is 7.35. The molecule has 0 N–H and O–H groups in total. The Hall–Kier alpha value is -2.14. The number of halogens is 1. The van der Waals surface area contributed by atoms with Crippen LogP contribution < -0.4 is 4.90 Å². The number of nitrogens with zero attached hydrogens (tertiary/aromatic N) is 3. The number of aryl methyl sites for hydroxylation is 1. The SMILES string of the molecule is Cc1cc(-c2ccnc(Cl)c2)cc(N(C)C(=O)OC(C)(C)C)n1. The van der Waals surface area contributed by atoms with Gasteiger partial charge in [-0.1, -0.05) is 11.6 Å². The van der Waals surface area contributed by atoms with Gasteiger partial charge in [0, 0.05) is 18.9 Å². The average Bonchev–Trinajstić information content (AvgIpc) is 2.44. The zero-order chi connectivity index (χ0) is 17.2. The van der Waals surface area contributed by atoms with Crippen molar-refractivity contribution in [2.45, 2.75) is 33.3 Å². The number of aromatic nitrogens is 2. The highest BCUT2D eigenvalue weighted by Crippen LogP contribution is 2.26. The third-order valence-electron chi connectivity index (χ3n) is 3.01. The number of ether oxygens (including phenoxy) is 1. The van der Waals surface area contributed by atoms with Gasteiger partial charge >= 0.3 is 6.09 Å². The van der Waals surface area contributed by atoms with Crippen molar-refractivity contribution in [3.63, 3.8) is 0 Å². The highest BCUT2D eigenvalue weighted by Gasteiger charge is 2.21. The van der Waals surface area contributed by atoms with Crippen LogP contribution in [-0.4, -0.2) is 28.7 Å². The summed E-state index contributed by atoms with van der Waals surface area (Å²) in [5.74, 6) is 0.516. The smallest absolute Gasteiger partial charge is 0.415 e. The summed E-state index contributed by atoms with van der Waals surface area (Å²) in [5.41, 5.74) is 2.05. The van der Waals surface area contributed by atoms with Crippen molar-refractivity contribution in [2.75, 3.05) is 11.9 Å². The Bertz CT molecular complexity index is 726. The molecule has 0 aromatic carbocycles. The first-order valence-electron chi connectivity index (χ1n) is 7.23. The monoisotopic (exact) mass is 333 g/mol. The maximum absolute atomic E-state index is 12.2. The van der Waals surface area contributed by atoms with E-state index < -0.39 is 11.7 Å². The molecule has 0 saturated heterocycles. The van der Waals surface area contributed by atoms with Gasteiger partial charge in [0.2, 0.25) is 0 Å². The third kappa shape index (κ3) is 4.66. The van der Waals surface area contributed by atoms with E-state index in [0.29, 0.717) is 11.0 Å². The number of pyridine rings is 2. The van der Waals surface area contributed by atoms with E-state index in [0.717, 1.165) is 16.8 Å². The zero-order valence-corrected chi connectivity index (χ0v) is 14.7. The molecule has 0 spiro atoms. The van der Waals surface area contributed by atoms with Crippen molar-refractivity contribution in [1.29, 1.82) is 0 Å². The fourth-order valence-corrected chi connectivity index (χ4v) is 2.17. The van der Waals surface area contributed by atoms with Gasteiger partial charge in [0.1, 0.15) is 16.6 Å². The summed E-state index contributed by atoms with van der Waals surface area (Å²) >= 11 is 5.95. The largest absolute Gasteiger partial charge is 0.443 e. The van der Waals surface area contributed by atoms with Crippen molar-refractivity contribution in [1.82, 2.24) is 9.97 Å². The lowest BCUT2D eigenvalue weighted by Crippen LogP contribution is -2.34. The number of carbonyl (C=O) groups is 1. The van der Waals surface area contributed by atoms with Crippen LogP contribution in [0, 0.1) is 6.92 Å². The van der Waals surface area contributed by atoms with E-state index in [-0.39, 0.29) is 0 Å². The molecule has 2 rings (SSSR count). The number of anilines is 1. The standard InChI is InChI=1S/C17H20ClN3O2/c1-11-8-13(12-6-7-19-14(18)9-12)10-15(20-11)21(5)16(22)23-17(2,3)4/h6-10H,1-5H3. The van der Waals surface area contributed by atoms with Crippen LogP contribution in [-0.2, 0) is 4.74 Å². The van der Waals surface area contributed by atoms with E-state index in [9.17, 15) is 4.79 Å². The Morgan fingerprint density at radius 3 is 2.52 bits per heavy atom. The summed E-state index contributed by atoms with van der Waals surface area (Å²) in [6.07, 6.45) is 1.19. The number of carbonyl (C=O) groups excluding carboxylic acids is 1. The van der Waals surface area contributed by atoms with Gasteiger partial charge in [0.05, 0.1) is 0 Å². The zero-order valence-electron chi connectivity index (χ0n) is 13.9. The average molecular weight is 334 g/mol. The first kappa shape index (κ1) is 17.2. The molecule has 0 aliphatic heterocycles. The molecule has 0 unspecified atom stereocenters. The van der Waals surface area contributed by atoms with Crippen molar-refractivity contribution in [2.24, 2.45) is 0 Å². The lowest BCUT2D eigenvalue weighted by atomic mass is 10.1. The second-order valence-corrected chi connectivity index (χ2v) is 6.65. The summed E-state index contributed by atoms with van der Waals surface area (Å²) in [5, 5.41) is 0.416. The highest BCUT2D eigenvalue weighted by atomic mass is 35.5. The Labute approximate surface area is 141 Å². The van der Waals surface area contributed by atoms with E-state index >= 15 is 0 Å². The van der Waals surface area contributed by atoms with Crippen molar-refractivity contribution in [3.05, 3.63) is 41.3 Å². The van der Waals surface area contributed by atoms with E-state index in [2.05, 4.69) is 9.97 Å². The molecule has 0 bridgehead atoms. The van der Waals surface area contributed by atoms with Crippen LogP contribution in [0.3, 0.4) is 0 Å². The molecule has 0 saturated carbocycles. The molecule has 0 fully saturated rings. The predicted molar refractivity (Wildman–Crippen MR) is 91.9 cm³/mol. The minimum absolute atomic E-state index is 0.416.